The molecule has 2 heterocycles. The highest BCUT2D eigenvalue weighted by Gasteiger charge is 2.25. The van der Waals surface area contributed by atoms with Gasteiger partial charge in [-0.15, -0.1) is 0 Å². The summed E-state index contributed by atoms with van der Waals surface area (Å²) in [4.78, 5) is 20.3. The summed E-state index contributed by atoms with van der Waals surface area (Å²) in [6, 6.07) is 11.7. The first kappa shape index (κ1) is 17.5. The largest absolute Gasteiger partial charge is 0.381 e. The maximum absolute atomic E-state index is 12.9. The lowest BCUT2D eigenvalue weighted by atomic mass is 10.1. The number of hydrogen-bond donors (Lipinski definition) is 0. The molecular weight excluding hydrogens is 388 g/mol. The number of pyridine rings is 1. The van der Waals surface area contributed by atoms with Crippen molar-refractivity contribution in [1.82, 2.24) is 9.88 Å². The van der Waals surface area contributed by atoms with E-state index in [1.54, 1.807) is 13.3 Å². The zero-order valence-corrected chi connectivity index (χ0v) is 15.8. The average molecular weight is 407 g/mol. The molecule has 1 saturated heterocycles. The number of carbonyl (C=O) groups is 1. The highest BCUT2D eigenvalue weighted by molar-refractivity contribution is 9.10. The van der Waals surface area contributed by atoms with Crippen molar-refractivity contribution in [1.29, 1.82) is 0 Å². The van der Waals surface area contributed by atoms with Gasteiger partial charge < -0.3 is 9.64 Å². The maximum Gasteiger partial charge on any atom is 0.256 e. The summed E-state index contributed by atoms with van der Waals surface area (Å²) in [7, 11) is 1.73. The van der Waals surface area contributed by atoms with Gasteiger partial charge in [0.25, 0.3) is 5.91 Å². The van der Waals surface area contributed by atoms with E-state index in [2.05, 4.69) is 20.9 Å². The van der Waals surface area contributed by atoms with E-state index in [1.807, 2.05) is 41.3 Å². The highest BCUT2D eigenvalue weighted by atomic mass is 79.9. The smallest absolute Gasteiger partial charge is 0.256 e. The minimum atomic E-state index is 0.0530. The first-order valence-corrected chi connectivity index (χ1v) is 9.49. The van der Waals surface area contributed by atoms with Crippen molar-refractivity contribution >= 4 is 33.6 Å². The molecule has 1 aliphatic rings. The molecular formula is C18H19BrN2O2S. The summed E-state index contributed by atoms with van der Waals surface area (Å²) in [5, 5.41) is 0.749. The molecule has 1 aromatic heterocycles. The van der Waals surface area contributed by atoms with E-state index in [-0.39, 0.29) is 12.0 Å². The minimum absolute atomic E-state index is 0.0530. The Labute approximate surface area is 154 Å². The van der Waals surface area contributed by atoms with E-state index in [4.69, 9.17) is 4.74 Å². The molecule has 0 unspecified atom stereocenters. The Morgan fingerprint density at radius 2 is 1.96 bits per heavy atom. The number of carbonyl (C=O) groups excluding carboxylic acids is 1. The Kier molecular flexibility index (Phi) is 5.92. The van der Waals surface area contributed by atoms with Gasteiger partial charge in [-0.3, -0.25) is 4.79 Å². The third-order valence-corrected chi connectivity index (χ3v) is 5.65. The van der Waals surface area contributed by atoms with Crippen molar-refractivity contribution in [2.24, 2.45) is 0 Å². The van der Waals surface area contributed by atoms with Gasteiger partial charge in [-0.25, -0.2) is 4.98 Å². The predicted molar refractivity (Wildman–Crippen MR) is 98.4 cm³/mol. The molecule has 0 N–H and O–H groups in total. The number of ether oxygens (including phenoxy) is 1. The molecule has 3 rings (SSSR count). The van der Waals surface area contributed by atoms with Gasteiger partial charge in [0.05, 0.1) is 11.7 Å². The molecule has 4 nitrogen and oxygen atoms in total. The van der Waals surface area contributed by atoms with E-state index in [0.717, 1.165) is 40.3 Å². The zero-order chi connectivity index (χ0) is 16.9. The Morgan fingerprint density at radius 1 is 1.25 bits per heavy atom. The second-order valence-corrected chi connectivity index (χ2v) is 7.62. The van der Waals surface area contributed by atoms with Crippen LogP contribution in [0.4, 0.5) is 0 Å². The quantitative estimate of drug-likeness (QED) is 0.760. The lowest BCUT2D eigenvalue weighted by Crippen LogP contribution is -2.40. The zero-order valence-electron chi connectivity index (χ0n) is 13.4. The van der Waals surface area contributed by atoms with Gasteiger partial charge in [0.15, 0.2) is 0 Å². The predicted octanol–water partition coefficient (Wildman–Crippen LogP) is 4.25. The summed E-state index contributed by atoms with van der Waals surface area (Å²) < 4.78 is 6.41. The van der Waals surface area contributed by atoms with Crippen LogP contribution in [-0.4, -0.2) is 42.1 Å². The number of hydrogen-bond acceptors (Lipinski definition) is 4. The van der Waals surface area contributed by atoms with Gasteiger partial charge in [-0.05, 0) is 49.2 Å². The first-order chi connectivity index (χ1) is 11.7. The molecule has 0 saturated carbocycles. The fraction of sp³-hybridized carbons (Fsp3) is 0.333. The van der Waals surface area contributed by atoms with Crippen molar-refractivity contribution in [2.75, 3.05) is 20.2 Å². The summed E-state index contributed by atoms with van der Waals surface area (Å²) >= 11 is 4.95. The van der Waals surface area contributed by atoms with E-state index < -0.39 is 0 Å². The Balaban J connectivity index is 1.76. The molecule has 0 spiro atoms. The van der Waals surface area contributed by atoms with Crippen LogP contribution in [0.3, 0.4) is 0 Å². The number of benzene rings is 1. The number of amides is 1. The molecule has 1 amide bonds. The van der Waals surface area contributed by atoms with Crippen LogP contribution in [0, 0.1) is 0 Å². The summed E-state index contributed by atoms with van der Waals surface area (Å²) in [6.07, 6.45) is 3.77. The molecule has 0 atom stereocenters. The van der Waals surface area contributed by atoms with Crippen LogP contribution >= 0.6 is 27.7 Å². The Hall–Kier alpha value is -1.37. The van der Waals surface area contributed by atoms with Crippen LogP contribution in [0.5, 0.6) is 0 Å². The second kappa shape index (κ2) is 8.14. The molecule has 0 bridgehead atoms. The van der Waals surface area contributed by atoms with Crippen molar-refractivity contribution in [3.05, 3.63) is 52.6 Å². The van der Waals surface area contributed by atoms with Gasteiger partial charge in [0.1, 0.15) is 5.03 Å². The number of nitrogens with zero attached hydrogens (tertiary/aromatic N) is 2. The topological polar surface area (TPSA) is 42.4 Å². The minimum Gasteiger partial charge on any atom is -0.381 e. The standard InChI is InChI=1S/C18H19BrN2O2S/c1-23-14-8-11-21(12-9-14)18(22)16-3-2-10-20-17(16)24-15-6-4-13(19)5-7-15/h2-7,10,14H,8-9,11-12H2,1H3. The Morgan fingerprint density at radius 3 is 2.62 bits per heavy atom. The summed E-state index contributed by atoms with van der Waals surface area (Å²) in [6.45, 7) is 1.46. The van der Waals surface area contributed by atoms with Gasteiger partial charge in [0, 0.05) is 35.8 Å². The van der Waals surface area contributed by atoms with Crippen molar-refractivity contribution in [3.8, 4) is 0 Å². The molecule has 1 fully saturated rings. The van der Waals surface area contributed by atoms with E-state index in [9.17, 15) is 4.79 Å². The Bertz CT molecular complexity index is 700. The van der Waals surface area contributed by atoms with Crippen LogP contribution < -0.4 is 0 Å². The highest BCUT2D eigenvalue weighted by Crippen LogP contribution is 2.30. The maximum atomic E-state index is 12.9. The average Bonchev–Trinajstić information content (AvgIpc) is 2.63. The SMILES string of the molecule is COC1CCN(C(=O)c2cccnc2Sc2ccc(Br)cc2)CC1. The van der Waals surface area contributed by atoms with Crippen LogP contribution in [0.15, 0.2) is 57.0 Å². The molecule has 126 valence electrons. The third kappa shape index (κ3) is 4.18. The normalized spacial score (nSPS) is 15.5. The molecule has 1 aromatic carbocycles. The fourth-order valence-electron chi connectivity index (χ4n) is 2.71. The molecule has 0 radical (unpaired) electrons. The number of piperidine rings is 1. The fourth-order valence-corrected chi connectivity index (χ4v) is 3.85. The number of halogens is 1. The van der Waals surface area contributed by atoms with Crippen molar-refractivity contribution < 1.29 is 9.53 Å². The first-order valence-electron chi connectivity index (χ1n) is 7.88. The van der Waals surface area contributed by atoms with Gasteiger partial charge in [0.2, 0.25) is 0 Å². The lowest BCUT2D eigenvalue weighted by molar-refractivity contribution is 0.0348. The number of rotatable bonds is 4. The van der Waals surface area contributed by atoms with Crippen molar-refractivity contribution in [3.63, 3.8) is 0 Å². The van der Waals surface area contributed by atoms with Crippen LogP contribution in [0.2, 0.25) is 0 Å². The molecule has 24 heavy (non-hydrogen) atoms. The third-order valence-electron chi connectivity index (χ3n) is 4.09. The van der Waals surface area contributed by atoms with Crippen LogP contribution in [-0.2, 0) is 4.74 Å². The monoisotopic (exact) mass is 406 g/mol. The second-order valence-electron chi connectivity index (χ2n) is 5.64. The van der Waals surface area contributed by atoms with Gasteiger partial charge >= 0.3 is 0 Å². The molecule has 2 aromatic rings. The van der Waals surface area contributed by atoms with E-state index >= 15 is 0 Å². The number of likely N-dealkylation sites (tertiary alicyclic amines) is 1. The van der Waals surface area contributed by atoms with Crippen LogP contribution in [0.1, 0.15) is 23.2 Å². The van der Waals surface area contributed by atoms with Crippen LogP contribution in [0.25, 0.3) is 0 Å². The van der Waals surface area contributed by atoms with Gasteiger partial charge in [-0.1, -0.05) is 27.7 Å². The molecule has 1 aliphatic heterocycles. The molecule has 6 heteroatoms. The van der Waals surface area contributed by atoms with E-state index in [0.29, 0.717) is 5.56 Å². The number of aromatic nitrogens is 1. The van der Waals surface area contributed by atoms with Gasteiger partial charge in [-0.2, -0.15) is 0 Å². The number of methoxy groups -OCH3 is 1. The summed E-state index contributed by atoms with van der Waals surface area (Å²) in [5.74, 6) is 0.0530. The lowest BCUT2D eigenvalue weighted by Gasteiger charge is -2.31. The summed E-state index contributed by atoms with van der Waals surface area (Å²) in [5.41, 5.74) is 0.668. The van der Waals surface area contributed by atoms with E-state index in [1.165, 1.54) is 11.8 Å². The molecule has 0 aliphatic carbocycles. The van der Waals surface area contributed by atoms with Crippen molar-refractivity contribution in [2.45, 2.75) is 28.9 Å².